The highest BCUT2D eigenvalue weighted by molar-refractivity contribution is 6.03. The lowest BCUT2D eigenvalue weighted by Gasteiger charge is -2.23. The van der Waals surface area contributed by atoms with E-state index in [2.05, 4.69) is 16.0 Å². The number of ether oxygens (including phenoxy) is 2. The number of Topliss-reactive ketones (excluding diaryl/α,β-unsaturated/α-hetero) is 1. The Morgan fingerprint density at radius 2 is 1.40 bits per heavy atom. The minimum atomic E-state index is -1.16. The SMILES string of the molecule is CC(=O)NCC(=O)N[C@@H](CCCCNC(=O)OCc1ccccc1)C(=O)C(CCN)C(=O)OCc1ccccc1. The van der Waals surface area contributed by atoms with E-state index in [0.29, 0.717) is 19.4 Å². The number of hydrogen-bond acceptors (Lipinski definition) is 8. The van der Waals surface area contributed by atoms with Gasteiger partial charge in [-0.15, -0.1) is 0 Å². The van der Waals surface area contributed by atoms with Crippen LogP contribution >= 0.6 is 0 Å². The molecular weight excluding hydrogens is 516 g/mol. The van der Waals surface area contributed by atoms with Crippen LogP contribution in [0.15, 0.2) is 60.7 Å². The fraction of sp³-hybridized carbons (Fsp3) is 0.414. The van der Waals surface area contributed by atoms with Crippen LogP contribution in [-0.4, -0.2) is 55.3 Å². The molecule has 11 heteroatoms. The largest absolute Gasteiger partial charge is 0.460 e. The fourth-order valence-corrected chi connectivity index (χ4v) is 3.79. The lowest BCUT2D eigenvalue weighted by atomic mass is 9.91. The van der Waals surface area contributed by atoms with Gasteiger partial charge in [-0.05, 0) is 43.4 Å². The number of unbranched alkanes of at least 4 members (excludes halogenated alkanes) is 1. The molecule has 0 saturated heterocycles. The minimum absolute atomic E-state index is 0.000373. The molecular formula is C29H38N4O7. The predicted molar refractivity (Wildman–Crippen MR) is 148 cm³/mol. The molecule has 0 bridgehead atoms. The zero-order valence-corrected chi connectivity index (χ0v) is 22.7. The normalized spacial score (nSPS) is 11.9. The number of nitrogens with two attached hydrogens (primary N) is 1. The first kappa shape index (κ1) is 32.0. The van der Waals surface area contributed by atoms with Crippen molar-refractivity contribution in [2.24, 2.45) is 11.7 Å². The number of rotatable bonds is 17. The maximum atomic E-state index is 13.4. The zero-order chi connectivity index (χ0) is 29.2. The van der Waals surface area contributed by atoms with Gasteiger partial charge in [-0.2, -0.15) is 0 Å². The Balaban J connectivity index is 1.92. The van der Waals surface area contributed by atoms with Gasteiger partial charge in [-0.25, -0.2) is 4.79 Å². The fourth-order valence-electron chi connectivity index (χ4n) is 3.79. The number of benzene rings is 2. The molecule has 3 amide bonds. The zero-order valence-electron chi connectivity index (χ0n) is 22.7. The summed E-state index contributed by atoms with van der Waals surface area (Å²) >= 11 is 0. The molecule has 0 aliphatic carbocycles. The van der Waals surface area contributed by atoms with Crippen molar-refractivity contribution >= 4 is 29.7 Å². The van der Waals surface area contributed by atoms with E-state index in [1.54, 1.807) is 12.1 Å². The molecule has 1 unspecified atom stereocenters. The van der Waals surface area contributed by atoms with Crippen molar-refractivity contribution in [1.82, 2.24) is 16.0 Å². The van der Waals surface area contributed by atoms with Gasteiger partial charge in [0.15, 0.2) is 5.78 Å². The Labute approximate surface area is 234 Å². The Kier molecular flexibility index (Phi) is 14.5. The molecule has 2 aromatic rings. The molecule has 2 rings (SSSR count). The summed E-state index contributed by atoms with van der Waals surface area (Å²) in [6, 6.07) is 17.3. The minimum Gasteiger partial charge on any atom is -0.460 e. The molecule has 0 aliphatic rings. The Bertz CT molecular complexity index is 1100. The van der Waals surface area contributed by atoms with Crippen LogP contribution in [0.5, 0.6) is 0 Å². The number of esters is 1. The van der Waals surface area contributed by atoms with Crippen LogP contribution in [-0.2, 0) is 41.9 Å². The van der Waals surface area contributed by atoms with Gasteiger partial charge in [0.05, 0.1) is 12.6 Å². The summed E-state index contributed by atoms with van der Waals surface area (Å²) in [7, 11) is 0. The van der Waals surface area contributed by atoms with Crippen LogP contribution in [0.3, 0.4) is 0 Å². The average Bonchev–Trinajstić information content (AvgIpc) is 2.96. The lowest BCUT2D eigenvalue weighted by molar-refractivity contribution is -0.154. The van der Waals surface area contributed by atoms with Crippen LogP contribution in [0.4, 0.5) is 4.79 Å². The summed E-state index contributed by atoms with van der Waals surface area (Å²) in [6.07, 6.45) is 0.637. The molecule has 0 spiro atoms. The van der Waals surface area contributed by atoms with Gasteiger partial charge in [-0.1, -0.05) is 60.7 Å². The van der Waals surface area contributed by atoms with Gasteiger partial charge in [0.25, 0.3) is 0 Å². The number of carbonyl (C=O) groups excluding carboxylic acids is 5. The van der Waals surface area contributed by atoms with Gasteiger partial charge in [0.2, 0.25) is 11.8 Å². The topological polar surface area (TPSA) is 166 Å². The maximum Gasteiger partial charge on any atom is 0.407 e. The van der Waals surface area contributed by atoms with Gasteiger partial charge in [-0.3, -0.25) is 19.2 Å². The molecule has 0 fully saturated rings. The Morgan fingerprint density at radius 3 is 1.98 bits per heavy atom. The number of nitrogens with one attached hydrogen (secondary N) is 3. The van der Waals surface area contributed by atoms with Crippen LogP contribution in [0.2, 0.25) is 0 Å². The van der Waals surface area contributed by atoms with E-state index in [1.165, 1.54) is 6.92 Å². The average molecular weight is 555 g/mol. The van der Waals surface area contributed by atoms with E-state index >= 15 is 0 Å². The number of ketones is 1. The molecule has 0 aliphatic heterocycles. The smallest absolute Gasteiger partial charge is 0.407 e. The van der Waals surface area contributed by atoms with Gasteiger partial charge in [0, 0.05) is 13.5 Å². The second-order valence-electron chi connectivity index (χ2n) is 9.14. The standard InChI is InChI=1S/C29H38N4O7/c1-21(34)32-18-26(35)33-25(14-8-9-17-31-29(38)40-20-23-12-6-3-7-13-23)27(36)24(15-16-30)28(37)39-19-22-10-4-2-5-11-22/h2-7,10-13,24-25H,8-9,14-20,30H2,1H3,(H,31,38)(H,32,34)(H,33,35)/t24?,25-/m0/s1. The van der Waals surface area contributed by atoms with Crippen molar-refractivity contribution in [3.05, 3.63) is 71.8 Å². The van der Waals surface area contributed by atoms with Crippen molar-refractivity contribution in [3.63, 3.8) is 0 Å². The molecule has 5 N–H and O–H groups in total. The highest BCUT2D eigenvalue weighted by Crippen LogP contribution is 2.15. The highest BCUT2D eigenvalue weighted by atomic mass is 16.5. The highest BCUT2D eigenvalue weighted by Gasteiger charge is 2.33. The third kappa shape index (κ3) is 12.5. The maximum absolute atomic E-state index is 13.4. The number of alkyl carbamates (subject to hydrolysis) is 1. The van der Waals surface area contributed by atoms with E-state index in [-0.39, 0.29) is 39.1 Å². The quantitative estimate of drug-likeness (QED) is 0.131. The van der Waals surface area contributed by atoms with Crippen molar-refractivity contribution in [1.29, 1.82) is 0 Å². The number of amides is 3. The first-order valence-electron chi connectivity index (χ1n) is 13.2. The van der Waals surface area contributed by atoms with E-state index in [1.807, 2.05) is 48.5 Å². The van der Waals surface area contributed by atoms with Crippen LogP contribution in [0, 0.1) is 5.92 Å². The summed E-state index contributed by atoms with van der Waals surface area (Å²) < 4.78 is 10.5. The Hall–Kier alpha value is -4.25. The van der Waals surface area contributed by atoms with Crippen molar-refractivity contribution < 1.29 is 33.4 Å². The third-order valence-electron chi connectivity index (χ3n) is 5.89. The predicted octanol–water partition coefficient (Wildman–Crippen LogP) is 1.98. The molecule has 2 atom stereocenters. The van der Waals surface area contributed by atoms with E-state index in [0.717, 1.165) is 11.1 Å². The molecule has 0 heterocycles. The van der Waals surface area contributed by atoms with E-state index in [4.69, 9.17) is 15.2 Å². The van der Waals surface area contributed by atoms with Crippen molar-refractivity contribution in [2.45, 2.75) is 51.9 Å². The molecule has 0 aromatic heterocycles. The second-order valence-corrected chi connectivity index (χ2v) is 9.14. The molecule has 40 heavy (non-hydrogen) atoms. The first-order chi connectivity index (χ1) is 19.3. The molecule has 11 nitrogen and oxygen atoms in total. The van der Waals surface area contributed by atoms with Crippen LogP contribution < -0.4 is 21.7 Å². The van der Waals surface area contributed by atoms with Crippen LogP contribution in [0.1, 0.15) is 43.7 Å². The summed E-state index contributed by atoms with van der Waals surface area (Å²) in [6.45, 7) is 1.46. The van der Waals surface area contributed by atoms with Crippen molar-refractivity contribution in [2.75, 3.05) is 19.6 Å². The monoisotopic (exact) mass is 554 g/mol. The van der Waals surface area contributed by atoms with Gasteiger partial charge >= 0.3 is 12.1 Å². The molecule has 2 aromatic carbocycles. The summed E-state index contributed by atoms with van der Waals surface area (Å²) in [5.41, 5.74) is 7.31. The summed E-state index contributed by atoms with van der Waals surface area (Å²) in [4.78, 5) is 61.8. The van der Waals surface area contributed by atoms with Gasteiger partial charge in [0.1, 0.15) is 19.1 Å². The van der Waals surface area contributed by atoms with Crippen LogP contribution in [0.25, 0.3) is 0 Å². The summed E-state index contributed by atoms with van der Waals surface area (Å²) in [5.74, 6) is -3.36. The van der Waals surface area contributed by atoms with E-state index in [9.17, 15) is 24.0 Å². The Morgan fingerprint density at radius 1 is 0.800 bits per heavy atom. The number of hydrogen-bond donors (Lipinski definition) is 4. The molecule has 0 radical (unpaired) electrons. The molecule has 0 saturated carbocycles. The van der Waals surface area contributed by atoms with E-state index < -0.39 is 41.6 Å². The van der Waals surface area contributed by atoms with Gasteiger partial charge < -0.3 is 31.2 Å². The number of carbonyl (C=O) groups is 5. The third-order valence-corrected chi connectivity index (χ3v) is 5.89. The lowest BCUT2D eigenvalue weighted by Crippen LogP contribution is -2.48. The van der Waals surface area contributed by atoms with Crippen molar-refractivity contribution in [3.8, 4) is 0 Å². The second kappa shape index (κ2) is 18.1. The summed E-state index contributed by atoms with van der Waals surface area (Å²) in [5, 5.41) is 7.65. The molecule has 216 valence electrons. The first-order valence-corrected chi connectivity index (χ1v) is 13.2.